The molecule has 0 aliphatic carbocycles. The molecule has 2 aliphatic heterocycles. The van der Waals surface area contributed by atoms with Crippen LogP contribution in [-0.4, -0.2) is 47.4 Å². The summed E-state index contributed by atoms with van der Waals surface area (Å²) in [5, 5.41) is 0. The molecule has 10 heteroatoms. The molecule has 0 bridgehead atoms. The van der Waals surface area contributed by atoms with Gasteiger partial charge in [0.25, 0.3) is 11.5 Å². The fourth-order valence-corrected chi connectivity index (χ4v) is 5.79. The Kier molecular flexibility index (Phi) is 5.91. The zero-order valence-corrected chi connectivity index (χ0v) is 19.0. The minimum atomic E-state index is -3.53. The maximum atomic E-state index is 13.0. The van der Waals surface area contributed by atoms with E-state index in [0.717, 1.165) is 29.4 Å². The highest BCUT2D eigenvalue weighted by Crippen LogP contribution is 2.32. The zero-order chi connectivity index (χ0) is 23.0. The number of aromatic nitrogens is 2. The minimum absolute atomic E-state index is 0.227. The van der Waals surface area contributed by atoms with Gasteiger partial charge in [0.1, 0.15) is 0 Å². The largest absolute Gasteiger partial charge is 0.330 e. The van der Waals surface area contributed by atoms with E-state index in [9.17, 15) is 22.8 Å². The van der Waals surface area contributed by atoms with Gasteiger partial charge in [-0.3, -0.25) is 14.2 Å². The van der Waals surface area contributed by atoms with E-state index < -0.39 is 21.3 Å². The summed E-state index contributed by atoms with van der Waals surface area (Å²) in [4.78, 5) is 38.7. The monoisotopic (exact) mass is 458 g/mol. The van der Waals surface area contributed by atoms with Gasteiger partial charge in [-0.15, -0.1) is 0 Å². The quantitative estimate of drug-likeness (QED) is 0.633. The van der Waals surface area contributed by atoms with Gasteiger partial charge in [-0.25, -0.2) is 13.2 Å². The predicted octanol–water partition coefficient (Wildman–Crippen LogP) is 0.861. The number of amides is 1. The van der Waals surface area contributed by atoms with E-state index >= 15 is 0 Å². The first-order chi connectivity index (χ1) is 15.2. The number of carbonyl (C=O) groups excluding carboxylic acids is 1. The number of aryl methyl sites for hydroxylation is 1. The SMILES string of the molecule is Cn1cc(/C=C/C(=O)N2CCc3cc(S(=O)(=O)N4CCCCC4)ccc32)c(=O)n(C)c1=O. The molecule has 3 heterocycles. The lowest BCUT2D eigenvalue weighted by Gasteiger charge is -2.26. The molecule has 1 saturated heterocycles. The number of benzene rings is 1. The van der Waals surface area contributed by atoms with Gasteiger partial charge in [-0.2, -0.15) is 4.31 Å². The van der Waals surface area contributed by atoms with Gasteiger partial charge in [0.05, 0.1) is 10.5 Å². The number of anilines is 1. The van der Waals surface area contributed by atoms with Crippen LogP contribution in [0.5, 0.6) is 0 Å². The maximum absolute atomic E-state index is 13.0. The topological polar surface area (TPSA) is 102 Å². The standard InChI is InChI=1S/C22H26N4O5S/c1-23-15-17(21(28)24(2)22(23)29)6-9-20(27)26-13-10-16-14-18(7-8-19(16)26)32(30,31)25-11-4-3-5-12-25/h6-9,14-15H,3-5,10-13H2,1-2H3/b9-6+. The van der Waals surface area contributed by atoms with E-state index in [1.54, 1.807) is 23.1 Å². The predicted molar refractivity (Wildman–Crippen MR) is 121 cm³/mol. The second-order valence-corrected chi connectivity index (χ2v) is 10.1. The Labute approximate surface area is 186 Å². The molecule has 1 aromatic carbocycles. The first-order valence-corrected chi connectivity index (χ1v) is 12.0. The van der Waals surface area contributed by atoms with Crippen molar-refractivity contribution < 1.29 is 13.2 Å². The summed E-state index contributed by atoms with van der Waals surface area (Å²) in [5.41, 5.74) is 0.785. The zero-order valence-electron chi connectivity index (χ0n) is 18.2. The number of sulfonamides is 1. The molecule has 0 saturated carbocycles. The molecule has 0 spiro atoms. The van der Waals surface area contributed by atoms with Gasteiger partial charge >= 0.3 is 5.69 Å². The first-order valence-electron chi connectivity index (χ1n) is 10.6. The molecule has 0 N–H and O–H groups in total. The van der Waals surface area contributed by atoms with Crippen LogP contribution in [0.4, 0.5) is 5.69 Å². The lowest BCUT2D eigenvalue weighted by molar-refractivity contribution is -0.114. The Bertz CT molecular complexity index is 1320. The van der Waals surface area contributed by atoms with Crippen LogP contribution in [0, 0.1) is 0 Å². The summed E-state index contributed by atoms with van der Waals surface area (Å²) >= 11 is 0. The van der Waals surface area contributed by atoms with Crippen LogP contribution in [0.1, 0.15) is 30.4 Å². The highest BCUT2D eigenvalue weighted by molar-refractivity contribution is 7.89. The third-order valence-corrected chi connectivity index (χ3v) is 7.94. The fraction of sp³-hybridized carbons (Fsp3) is 0.409. The van der Waals surface area contributed by atoms with E-state index in [1.807, 2.05) is 0 Å². The van der Waals surface area contributed by atoms with Gasteiger partial charge in [0.2, 0.25) is 10.0 Å². The average Bonchev–Trinajstić information content (AvgIpc) is 3.23. The maximum Gasteiger partial charge on any atom is 0.330 e. The van der Waals surface area contributed by atoms with Crippen molar-refractivity contribution in [1.29, 1.82) is 0 Å². The third-order valence-electron chi connectivity index (χ3n) is 6.04. The summed E-state index contributed by atoms with van der Waals surface area (Å²) in [6.45, 7) is 1.51. The Balaban J connectivity index is 1.56. The molecule has 4 rings (SSSR count). The number of hydrogen-bond donors (Lipinski definition) is 0. The smallest absolute Gasteiger partial charge is 0.308 e. The normalized spacial score (nSPS) is 17.1. The average molecular weight is 459 g/mol. The molecule has 1 fully saturated rings. The Hall–Kier alpha value is -2.98. The van der Waals surface area contributed by atoms with Crippen molar-refractivity contribution >= 4 is 27.7 Å². The number of hydrogen-bond acceptors (Lipinski definition) is 5. The van der Waals surface area contributed by atoms with E-state index in [4.69, 9.17) is 0 Å². The van der Waals surface area contributed by atoms with Crippen molar-refractivity contribution in [2.24, 2.45) is 14.1 Å². The Morgan fingerprint density at radius 3 is 2.47 bits per heavy atom. The number of rotatable bonds is 4. The van der Waals surface area contributed by atoms with Crippen LogP contribution in [0.2, 0.25) is 0 Å². The molecule has 170 valence electrons. The lowest BCUT2D eigenvalue weighted by Crippen LogP contribution is -2.37. The molecule has 2 aromatic rings. The van der Waals surface area contributed by atoms with Crippen molar-refractivity contribution in [3.05, 3.63) is 62.4 Å². The van der Waals surface area contributed by atoms with Gasteiger partial charge in [-0.05, 0) is 49.1 Å². The summed E-state index contributed by atoms with van der Waals surface area (Å²) in [7, 11) is -0.613. The number of fused-ring (bicyclic) bond motifs is 1. The highest BCUT2D eigenvalue weighted by atomic mass is 32.2. The van der Waals surface area contributed by atoms with Crippen molar-refractivity contribution in [2.75, 3.05) is 24.5 Å². The van der Waals surface area contributed by atoms with Crippen LogP contribution in [0.3, 0.4) is 0 Å². The first kappa shape index (κ1) is 22.2. The molecular weight excluding hydrogens is 432 g/mol. The van der Waals surface area contributed by atoms with Crippen molar-refractivity contribution in [2.45, 2.75) is 30.6 Å². The molecule has 0 atom stereocenters. The summed E-state index contributed by atoms with van der Waals surface area (Å²) < 4.78 is 29.7. The number of piperidine rings is 1. The van der Waals surface area contributed by atoms with Gasteiger partial charge in [0, 0.05) is 51.7 Å². The lowest BCUT2D eigenvalue weighted by atomic mass is 10.2. The molecule has 2 aliphatic rings. The molecule has 1 amide bonds. The fourth-order valence-electron chi connectivity index (χ4n) is 4.22. The van der Waals surface area contributed by atoms with Crippen molar-refractivity contribution in [3.63, 3.8) is 0 Å². The summed E-state index contributed by atoms with van der Waals surface area (Å²) in [6, 6.07) is 4.90. The second kappa shape index (κ2) is 8.51. The van der Waals surface area contributed by atoms with E-state index in [2.05, 4.69) is 0 Å². The van der Waals surface area contributed by atoms with E-state index in [0.29, 0.717) is 31.7 Å². The van der Waals surface area contributed by atoms with E-state index in [1.165, 1.54) is 41.3 Å². The number of carbonyl (C=O) groups is 1. The Morgan fingerprint density at radius 1 is 1.03 bits per heavy atom. The summed E-state index contributed by atoms with van der Waals surface area (Å²) in [5.74, 6) is -0.314. The molecule has 0 radical (unpaired) electrons. The van der Waals surface area contributed by atoms with Crippen molar-refractivity contribution in [1.82, 2.24) is 13.4 Å². The molecule has 32 heavy (non-hydrogen) atoms. The van der Waals surface area contributed by atoms with Crippen LogP contribution < -0.4 is 16.1 Å². The van der Waals surface area contributed by atoms with Crippen LogP contribution in [-0.2, 0) is 35.3 Å². The van der Waals surface area contributed by atoms with Crippen molar-refractivity contribution in [3.8, 4) is 0 Å². The van der Waals surface area contributed by atoms with Gasteiger partial charge in [-0.1, -0.05) is 6.42 Å². The third kappa shape index (κ3) is 3.95. The molecule has 0 unspecified atom stereocenters. The molecule has 1 aromatic heterocycles. The molecule has 9 nitrogen and oxygen atoms in total. The Morgan fingerprint density at radius 2 is 1.75 bits per heavy atom. The molecular formula is C22H26N4O5S. The summed E-state index contributed by atoms with van der Waals surface area (Å²) in [6.07, 6.45) is 7.44. The highest BCUT2D eigenvalue weighted by Gasteiger charge is 2.29. The second-order valence-electron chi connectivity index (χ2n) is 8.17. The van der Waals surface area contributed by atoms with Crippen LogP contribution in [0.25, 0.3) is 6.08 Å². The number of nitrogens with zero attached hydrogens (tertiary/aromatic N) is 4. The van der Waals surface area contributed by atoms with Gasteiger partial charge < -0.3 is 9.47 Å². The minimum Gasteiger partial charge on any atom is -0.308 e. The van der Waals surface area contributed by atoms with E-state index in [-0.39, 0.29) is 16.4 Å². The van der Waals surface area contributed by atoms with Crippen LogP contribution >= 0.6 is 0 Å². The van der Waals surface area contributed by atoms with Gasteiger partial charge in [0.15, 0.2) is 0 Å². The van der Waals surface area contributed by atoms with Crippen LogP contribution in [0.15, 0.2) is 45.0 Å².